The lowest BCUT2D eigenvalue weighted by atomic mass is 10.1. The Balaban J connectivity index is 1.79. The molecule has 1 aromatic heterocycles. The first-order valence-electron chi connectivity index (χ1n) is 7.62. The molecular weight excluding hydrogens is 335 g/mol. The molecule has 1 amide bonds. The second-order valence-corrected chi connectivity index (χ2v) is 6.44. The van der Waals surface area contributed by atoms with Gasteiger partial charge >= 0.3 is 0 Å². The van der Waals surface area contributed by atoms with E-state index in [9.17, 15) is 4.79 Å². The van der Waals surface area contributed by atoms with E-state index in [1.54, 1.807) is 11.0 Å². The highest BCUT2D eigenvalue weighted by Gasteiger charge is 2.25. The number of amides is 1. The van der Waals surface area contributed by atoms with Gasteiger partial charge in [-0.15, -0.1) is 0 Å². The number of nitrogens with zero attached hydrogens (tertiary/aromatic N) is 1. The molecule has 4 nitrogen and oxygen atoms in total. The Hall–Kier alpha value is -1.49. The molecule has 23 heavy (non-hydrogen) atoms. The van der Waals surface area contributed by atoms with Crippen molar-refractivity contribution in [2.45, 2.75) is 25.5 Å². The molecule has 2 heterocycles. The molecule has 1 atom stereocenters. The van der Waals surface area contributed by atoms with Crippen LogP contribution in [0, 0.1) is 0 Å². The molecule has 122 valence electrons. The van der Waals surface area contributed by atoms with Crippen molar-refractivity contribution in [1.82, 2.24) is 9.88 Å². The molecule has 0 aliphatic carbocycles. The zero-order valence-electron chi connectivity index (χ0n) is 12.6. The number of carbonyl (C=O) groups excluding carboxylic acids is 1. The summed E-state index contributed by atoms with van der Waals surface area (Å²) in [6.07, 6.45) is 2.10. The van der Waals surface area contributed by atoms with Crippen LogP contribution < -0.4 is 0 Å². The van der Waals surface area contributed by atoms with Crippen LogP contribution >= 0.6 is 23.2 Å². The predicted molar refractivity (Wildman–Crippen MR) is 91.0 cm³/mol. The van der Waals surface area contributed by atoms with Crippen LogP contribution in [0.3, 0.4) is 0 Å². The van der Waals surface area contributed by atoms with E-state index in [0.29, 0.717) is 23.8 Å². The summed E-state index contributed by atoms with van der Waals surface area (Å²) in [4.78, 5) is 17.4. The number of hydrogen-bond acceptors (Lipinski definition) is 2. The normalized spacial score (nSPS) is 17.4. The highest BCUT2D eigenvalue weighted by molar-refractivity contribution is 6.41. The average molecular weight is 353 g/mol. The number of hydrogen-bond donors (Lipinski definition) is 1. The number of rotatable bonds is 5. The van der Waals surface area contributed by atoms with Gasteiger partial charge in [-0.25, -0.2) is 0 Å². The van der Waals surface area contributed by atoms with Gasteiger partial charge in [0.1, 0.15) is 10.8 Å². The summed E-state index contributed by atoms with van der Waals surface area (Å²) in [5, 5.41) is 0.638. The molecule has 0 saturated carbocycles. The molecule has 2 aromatic rings. The number of halogens is 2. The van der Waals surface area contributed by atoms with Gasteiger partial charge in [-0.1, -0.05) is 53.5 Å². The lowest BCUT2D eigenvalue weighted by Gasteiger charge is -2.25. The maximum absolute atomic E-state index is 12.8. The molecule has 1 aromatic carbocycles. The minimum atomic E-state index is -0.127. The Morgan fingerprint density at radius 3 is 2.70 bits per heavy atom. The molecule has 1 saturated heterocycles. The van der Waals surface area contributed by atoms with E-state index < -0.39 is 0 Å². The third-order valence-electron chi connectivity index (χ3n) is 3.91. The van der Waals surface area contributed by atoms with Gasteiger partial charge in [0.2, 0.25) is 0 Å². The van der Waals surface area contributed by atoms with Crippen molar-refractivity contribution in [2.75, 3.05) is 13.2 Å². The number of nitrogens with one attached hydrogen (secondary N) is 1. The van der Waals surface area contributed by atoms with Crippen molar-refractivity contribution in [1.29, 1.82) is 0 Å². The summed E-state index contributed by atoms with van der Waals surface area (Å²) in [6, 6.07) is 11.5. The summed E-state index contributed by atoms with van der Waals surface area (Å²) < 4.78 is 5.68. The third kappa shape index (κ3) is 4.08. The molecule has 6 heteroatoms. The molecule has 0 spiro atoms. The first-order valence-corrected chi connectivity index (χ1v) is 8.38. The first kappa shape index (κ1) is 16.4. The Morgan fingerprint density at radius 1 is 1.30 bits per heavy atom. The third-order valence-corrected chi connectivity index (χ3v) is 4.60. The predicted octanol–water partition coefficient (Wildman–Crippen LogP) is 4.14. The fourth-order valence-corrected chi connectivity index (χ4v) is 3.06. The van der Waals surface area contributed by atoms with Crippen LogP contribution in [0.25, 0.3) is 0 Å². The highest BCUT2D eigenvalue weighted by atomic mass is 35.5. The van der Waals surface area contributed by atoms with Gasteiger partial charge < -0.3 is 14.6 Å². The van der Waals surface area contributed by atoms with Crippen molar-refractivity contribution in [3.05, 3.63) is 57.8 Å². The van der Waals surface area contributed by atoms with Crippen LogP contribution in [-0.2, 0) is 11.3 Å². The molecule has 0 bridgehead atoms. The Morgan fingerprint density at radius 2 is 2.09 bits per heavy atom. The fraction of sp³-hybridized carbons (Fsp3) is 0.353. The average Bonchev–Trinajstić information content (AvgIpc) is 3.17. The standard InChI is InChI=1S/C17H18Cl2N2O2/c18-14-9-15(20-16(14)19)17(22)21(11-13-7-4-8-23-13)10-12-5-2-1-3-6-12/h1-3,5-6,9,13,20H,4,7-8,10-11H2. The summed E-state index contributed by atoms with van der Waals surface area (Å²) in [5.41, 5.74) is 1.47. The lowest BCUT2D eigenvalue weighted by molar-refractivity contribution is 0.0503. The van der Waals surface area contributed by atoms with Gasteiger partial charge in [0, 0.05) is 19.7 Å². The number of carbonyl (C=O) groups is 1. The second-order valence-electron chi connectivity index (χ2n) is 5.65. The zero-order chi connectivity index (χ0) is 16.2. The monoisotopic (exact) mass is 352 g/mol. The van der Waals surface area contributed by atoms with Gasteiger partial charge in [0.25, 0.3) is 5.91 Å². The molecule has 1 unspecified atom stereocenters. The van der Waals surface area contributed by atoms with Crippen LogP contribution in [0.5, 0.6) is 0 Å². The summed E-state index contributed by atoms with van der Waals surface area (Å²) >= 11 is 11.9. The van der Waals surface area contributed by atoms with Crippen molar-refractivity contribution in [2.24, 2.45) is 0 Å². The Bertz CT molecular complexity index is 647. The minimum Gasteiger partial charge on any atom is -0.376 e. The highest BCUT2D eigenvalue weighted by Crippen LogP contribution is 2.24. The quantitative estimate of drug-likeness (QED) is 0.878. The second kappa shape index (κ2) is 7.39. The summed E-state index contributed by atoms with van der Waals surface area (Å²) in [6.45, 7) is 1.84. The SMILES string of the molecule is O=C(c1cc(Cl)c(Cl)[nH]1)N(Cc1ccccc1)CC1CCCO1. The molecule has 1 aliphatic heterocycles. The lowest BCUT2D eigenvalue weighted by Crippen LogP contribution is -2.37. The van der Waals surface area contributed by atoms with Crippen LogP contribution in [0.1, 0.15) is 28.9 Å². The van der Waals surface area contributed by atoms with Gasteiger partial charge in [-0.3, -0.25) is 4.79 Å². The molecule has 0 radical (unpaired) electrons. The maximum Gasteiger partial charge on any atom is 0.270 e. The minimum absolute atomic E-state index is 0.0866. The largest absolute Gasteiger partial charge is 0.376 e. The molecule has 3 rings (SSSR count). The van der Waals surface area contributed by atoms with Gasteiger partial charge in [-0.2, -0.15) is 0 Å². The van der Waals surface area contributed by atoms with Crippen molar-refractivity contribution in [3.63, 3.8) is 0 Å². The topological polar surface area (TPSA) is 45.3 Å². The van der Waals surface area contributed by atoms with Gasteiger partial charge in [-0.05, 0) is 24.5 Å². The van der Waals surface area contributed by atoms with E-state index in [0.717, 1.165) is 25.0 Å². The van der Waals surface area contributed by atoms with Crippen molar-refractivity contribution in [3.8, 4) is 0 Å². The smallest absolute Gasteiger partial charge is 0.270 e. The molecule has 1 fully saturated rings. The van der Waals surface area contributed by atoms with E-state index in [2.05, 4.69) is 4.98 Å². The number of benzene rings is 1. The van der Waals surface area contributed by atoms with E-state index in [1.807, 2.05) is 30.3 Å². The summed E-state index contributed by atoms with van der Waals surface area (Å²) in [7, 11) is 0. The maximum atomic E-state index is 12.8. The van der Waals surface area contributed by atoms with Crippen molar-refractivity contribution < 1.29 is 9.53 Å². The van der Waals surface area contributed by atoms with Gasteiger partial charge in [0.15, 0.2) is 0 Å². The van der Waals surface area contributed by atoms with Crippen LogP contribution in [0.4, 0.5) is 0 Å². The number of ether oxygens (including phenoxy) is 1. The zero-order valence-corrected chi connectivity index (χ0v) is 14.1. The van der Waals surface area contributed by atoms with E-state index >= 15 is 0 Å². The number of aromatic amines is 1. The number of H-pyrrole nitrogens is 1. The molecule has 1 aliphatic rings. The Labute approximate surface area is 145 Å². The van der Waals surface area contributed by atoms with E-state index in [-0.39, 0.29) is 17.2 Å². The Kier molecular flexibility index (Phi) is 5.26. The van der Waals surface area contributed by atoms with Crippen LogP contribution in [0.2, 0.25) is 10.2 Å². The fourth-order valence-electron chi connectivity index (χ4n) is 2.75. The summed E-state index contributed by atoms with van der Waals surface area (Å²) in [5.74, 6) is -0.127. The van der Waals surface area contributed by atoms with E-state index in [1.165, 1.54) is 0 Å². The molecule has 1 N–H and O–H groups in total. The molecular formula is C17H18Cl2N2O2. The van der Waals surface area contributed by atoms with Gasteiger partial charge in [0.05, 0.1) is 11.1 Å². The van der Waals surface area contributed by atoms with E-state index in [4.69, 9.17) is 27.9 Å². The van der Waals surface area contributed by atoms with Crippen molar-refractivity contribution >= 4 is 29.1 Å². The van der Waals surface area contributed by atoms with Crippen LogP contribution in [0.15, 0.2) is 36.4 Å². The van der Waals surface area contributed by atoms with Crippen LogP contribution in [-0.4, -0.2) is 35.0 Å². The first-order chi connectivity index (χ1) is 11.1. The number of aromatic nitrogens is 1.